The molecule has 0 spiro atoms. The van der Waals surface area contributed by atoms with Crippen LogP contribution in [-0.4, -0.2) is 72.1 Å². The van der Waals surface area contributed by atoms with Gasteiger partial charge in [-0.2, -0.15) is 0 Å². The summed E-state index contributed by atoms with van der Waals surface area (Å²) < 4.78 is 16.2. The molecule has 0 aliphatic carbocycles. The van der Waals surface area contributed by atoms with E-state index in [-0.39, 0.29) is 6.42 Å². The lowest BCUT2D eigenvalue weighted by Crippen LogP contribution is -2.55. The third-order valence-corrected chi connectivity index (χ3v) is 6.57. The molecule has 0 bridgehead atoms. The minimum atomic E-state index is -1.30. The van der Waals surface area contributed by atoms with E-state index in [2.05, 4.69) is 16.0 Å². The SMILES string of the molecule is CCCCCC1NC(=O)C(C)OC(=O)C(C(C)C)NC(=O)C(C)OC(=O)C(C(C)C)NC(=O)C(C(C)C)OC1=O. The molecule has 3 amide bonds. The van der Waals surface area contributed by atoms with Crippen LogP contribution in [0.25, 0.3) is 0 Å². The van der Waals surface area contributed by atoms with Crippen LogP contribution < -0.4 is 16.0 Å². The van der Waals surface area contributed by atoms with E-state index in [1.807, 2.05) is 6.92 Å². The first kappa shape index (κ1) is 34.8. The number of esters is 3. The summed E-state index contributed by atoms with van der Waals surface area (Å²) in [5.41, 5.74) is 0. The third-order valence-electron chi connectivity index (χ3n) is 6.57. The van der Waals surface area contributed by atoms with Crippen LogP contribution >= 0.6 is 0 Å². The summed E-state index contributed by atoms with van der Waals surface area (Å²) in [6.45, 7) is 14.7. The molecule has 3 N–H and O–H groups in total. The number of hydrogen-bond donors (Lipinski definition) is 3. The van der Waals surface area contributed by atoms with Crippen LogP contribution in [0.15, 0.2) is 0 Å². The highest BCUT2D eigenvalue weighted by Gasteiger charge is 2.37. The van der Waals surface area contributed by atoms with E-state index in [1.54, 1.807) is 41.5 Å². The summed E-state index contributed by atoms with van der Waals surface area (Å²) in [6.07, 6.45) is -1.36. The zero-order valence-corrected chi connectivity index (χ0v) is 25.2. The summed E-state index contributed by atoms with van der Waals surface area (Å²) in [6, 6.07) is -3.38. The molecule has 228 valence electrons. The highest BCUT2D eigenvalue weighted by atomic mass is 16.6. The van der Waals surface area contributed by atoms with E-state index in [9.17, 15) is 28.8 Å². The van der Waals surface area contributed by atoms with Crippen LogP contribution in [0.5, 0.6) is 0 Å². The maximum absolute atomic E-state index is 13.2. The molecule has 1 rings (SSSR count). The quantitative estimate of drug-likeness (QED) is 0.235. The fourth-order valence-electron chi connectivity index (χ4n) is 3.94. The molecule has 1 fully saturated rings. The summed E-state index contributed by atoms with van der Waals surface area (Å²) in [5.74, 6) is -6.04. The Hall–Kier alpha value is -3.18. The maximum Gasteiger partial charge on any atom is 0.329 e. The van der Waals surface area contributed by atoms with Crippen molar-refractivity contribution >= 4 is 35.6 Å². The Kier molecular flexibility index (Phi) is 14.1. The lowest BCUT2D eigenvalue weighted by Gasteiger charge is -2.29. The van der Waals surface area contributed by atoms with Gasteiger partial charge >= 0.3 is 17.9 Å². The van der Waals surface area contributed by atoms with Crippen molar-refractivity contribution in [1.82, 2.24) is 16.0 Å². The van der Waals surface area contributed by atoms with E-state index < -0.39 is 89.8 Å². The van der Waals surface area contributed by atoms with Gasteiger partial charge in [0.15, 0.2) is 18.3 Å². The fraction of sp³-hybridized carbons (Fsp3) is 0.786. The largest absolute Gasteiger partial charge is 0.451 e. The van der Waals surface area contributed by atoms with Crippen molar-refractivity contribution in [2.75, 3.05) is 0 Å². The smallest absolute Gasteiger partial charge is 0.329 e. The van der Waals surface area contributed by atoms with Gasteiger partial charge in [-0.05, 0) is 38.0 Å². The predicted molar refractivity (Wildman–Crippen MR) is 145 cm³/mol. The number of hydrogen-bond acceptors (Lipinski definition) is 9. The topological polar surface area (TPSA) is 166 Å². The molecule has 6 atom stereocenters. The highest BCUT2D eigenvalue weighted by molar-refractivity contribution is 5.93. The van der Waals surface area contributed by atoms with E-state index in [4.69, 9.17) is 14.2 Å². The van der Waals surface area contributed by atoms with Crippen molar-refractivity contribution in [3.63, 3.8) is 0 Å². The van der Waals surface area contributed by atoms with Gasteiger partial charge in [0.1, 0.15) is 18.1 Å². The number of amides is 3. The highest BCUT2D eigenvalue weighted by Crippen LogP contribution is 2.15. The summed E-state index contributed by atoms with van der Waals surface area (Å²) in [5, 5.41) is 7.69. The second-order valence-corrected chi connectivity index (χ2v) is 11.3. The molecule has 40 heavy (non-hydrogen) atoms. The molecule has 0 aromatic carbocycles. The van der Waals surface area contributed by atoms with Crippen molar-refractivity contribution in [2.24, 2.45) is 17.8 Å². The summed E-state index contributed by atoms with van der Waals surface area (Å²) >= 11 is 0. The van der Waals surface area contributed by atoms with Crippen LogP contribution in [0.3, 0.4) is 0 Å². The third kappa shape index (κ3) is 10.4. The molecule has 1 heterocycles. The maximum atomic E-state index is 13.2. The first-order valence-electron chi connectivity index (χ1n) is 14.1. The van der Waals surface area contributed by atoms with Gasteiger partial charge in [-0.15, -0.1) is 0 Å². The first-order valence-corrected chi connectivity index (χ1v) is 14.1. The first-order chi connectivity index (χ1) is 18.6. The number of unbranched alkanes of at least 4 members (excludes halogenated alkanes) is 2. The van der Waals surface area contributed by atoms with Gasteiger partial charge in [0.2, 0.25) is 0 Å². The van der Waals surface area contributed by atoms with Gasteiger partial charge in [0, 0.05) is 0 Å². The predicted octanol–water partition coefficient (Wildman–Crippen LogP) is 1.78. The van der Waals surface area contributed by atoms with Gasteiger partial charge < -0.3 is 30.2 Å². The molecule has 0 aromatic rings. The van der Waals surface area contributed by atoms with Crippen LogP contribution in [0.4, 0.5) is 0 Å². The number of ether oxygens (including phenoxy) is 3. The molecule has 1 saturated heterocycles. The van der Waals surface area contributed by atoms with Crippen molar-refractivity contribution < 1.29 is 43.0 Å². The second kappa shape index (κ2) is 16.2. The number of rotatable bonds is 7. The normalized spacial score (nSPS) is 28.2. The molecule has 12 nitrogen and oxygen atoms in total. The van der Waals surface area contributed by atoms with E-state index in [1.165, 1.54) is 13.8 Å². The molecule has 6 unspecified atom stereocenters. The van der Waals surface area contributed by atoms with Crippen LogP contribution in [0, 0.1) is 17.8 Å². The van der Waals surface area contributed by atoms with E-state index in [0.29, 0.717) is 6.42 Å². The van der Waals surface area contributed by atoms with Gasteiger partial charge in [-0.25, -0.2) is 14.4 Å². The number of carbonyl (C=O) groups is 6. The minimum Gasteiger partial charge on any atom is -0.451 e. The molecule has 0 saturated carbocycles. The summed E-state index contributed by atoms with van der Waals surface area (Å²) in [7, 11) is 0. The Morgan fingerprint density at radius 1 is 0.600 bits per heavy atom. The Labute approximate surface area is 237 Å². The molecule has 12 heteroatoms. The van der Waals surface area contributed by atoms with Gasteiger partial charge in [0.05, 0.1) is 0 Å². The Balaban J connectivity index is 3.46. The van der Waals surface area contributed by atoms with Gasteiger partial charge in [-0.1, -0.05) is 67.7 Å². The van der Waals surface area contributed by atoms with E-state index in [0.717, 1.165) is 12.8 Å². The monoisotopic (exact) mass is 569 g/mol. The van der Waals surface area contributed by atoms with E-state index >= 15 is 0 Å². The average Bonchev–Trinajstić information content (AvgIpc) is 2.86. The molecule has 1 aliphatic rings. The lowest BCUT2D eigenvalue weighted by molar-refractivity contribution is -0.166. The number of carbonyl (C=O) groups excluding carboxylic acids is 6. The van der Waals surface area contributed by atoms with Crippen LogP contribution in [0.1, 0.15) is 88.0 Å². The van der Waals surface area contributed by atoms with Crippen molar-refractivity contribution in [2.45, 2.75) is 124 Å². The van der Waals surface area contributed by atoms with Crippen molar-refractivity contribution in [1.29, 1.82) is 0 Å². The minimum absolute atomic E-state index is 0.245. The van der Waals surface area contributed by atoms with Crippen LogP contribution in [0.2, 0.25) is 0 Å². The molecule has 0 radical (unpaired) electrons. The fourth-order valence-corrected chi connectivity index (χ4v) is 3.94. The molecule has 0 aromatic heterocycles. The Bertz CT molecular complexity index is 919. The Morgan fingerprint density at radius 3 is 1.48 bits per heavy atom. The van der Waals surface area contributed by atoms with Crippen molar-refractivity contribution in [3.05, 3.63) is 0 Å². The second-order valence-electron chi connectivity index (χ2n) is 11.3. The lowest BCUT2D eigenvalue weighted by atomic mass is 10.0. The number of cyclic esters (lactones) is 3. The molecule has 1 aliphatic heterocycles. The van der Waals surface area contributed by atoms with Crippen LogP contribution in [-0.2, 0) is 43.0 Å². The molecular formula is C28H47N3O9. The zero-order valence-electron chi connectivity index (χ0n) is 25.2. The average molecular weight is 570 g/mol. The number of nitrogens with one attached hydrogen (secondary N) is 3. The Morgan fingerprint density at radius 2 is 1.05 bits per heavy atom. The van der Waals surface area contributed by atoms with Crippen molar-refractivity contribution in [3.8, 4) is 0 Å². The van der Waals surface area contributed by atoms with Gasteiger partial charge in [0.25, 0.3) is 17.7 Å². The zero-order chi connectivity index (χ0) is 30.7. The summed E-state index contributed by atoms with van der Waals surface area (Å²) in [4.78, 5) is 78.1. The molecular weight excluding hydrogens is 522 g/mol. The standard InChI is InChI=1S/C28H47N3O9/c1-10-11-12-13-19-26(35)40-22(16(6)7)25(34)31-21(15(4)5)28(37)39-18(9)24(33)30-20(14(2)3)27(36)38-17(8)23(32)29-19/h14-22H,10-13H2,1-9H3,(H,29,32)(H,30,33)(H,31,34). The van der Waals surface area contributed by atoms with Gasteiger partial charge in [-0.3, -0.25) is 14.4 Å².